The van der Waals surface area contributed by atoms with Crippen LogP contribution in [0, 0.1) is 0 Å². The van der Waals surface area contributed by atoms with Crippen molar-refractivity contribution in [2.24, 2.45) is 0 Å². The van der Waals surface area contributed by atoms with E-state index in [0.717, 1.165) is 68.8 Å². The van der Waals surface area contributed by atoms with Gasteiger partial charge in [0.2, 0.25) is 0 Å². The minimum Gasteiger partial charge on any atom is -0.495 e. The van der Waals surface area contributed by atoms with E-state index in [4.69, 9.17) is 9.47 Å². The van der Waals surface area contributed by atoms with Crippen LogP contribution in [0.4, 0.5) is 11.5 Å². The molecule has 0 radical (unpaired) electrons. The number of piperazine rings is 1. The summed E-state index contributed by atoms with van der Waals surface area (Å²) in [4.78, 5) is 13.7. The van der Waals surface area contributed by atoms with Gasteiger partial charge in [0.15, 0.2) is 0 Å². The molecule has 1 unspecified atom stereocenters. The predicted molar refractivity (Wildman–Crippen MR) is 97.6 cm³/mol. The number of ether oxygens (including phenoxy) is 2. The molecule has 1 aromatic heterocycles. The summed E-state index contributed by atoms with van der Waals surface area (Å²) in [6.07, 6.45) is 2.74. The first-order valence-corrected chi connectivity index (χ1v) is 8.88. The van der Waals surface area contributed by atoms with Crippen molar-refractivity contribution in [3.63, 3.8) is 0 Å². The number of nitrogens with zero attached hydrogens (tertiary/aromatic N) is 4. The number of rotatable bonds is 4. The Hall–Kier alpha value is -2.34. The van der Waals surface area contributed by atoms with Crippen LogP contribution in [0.1, 0.15) is 18.0 Å². The van der Waals surface area contributed by atoms with Crippen LogP contribution in [0.3, 0.4) is 0 Å². The van der Waals surface area contributed by atoms with Crippen molar-refractivity contribution < 1.29 is 9.47 Å². The van der Waals surface area contributed by atoms with Gasteiger partial charge in [0.1, 0.15) is 17.9 Å². The minimum absolute atomic E-state index is 0.414. The monoisotopic (exact) mass is 340 g/mol. The Morgan fingerprint density at radius 1 is 1.08 bits per heavy atom. The third-order valence-electron chi connectivity index (χ3n) is 5.05. The van der Waals surface area contributed by atoms with E-state index in [2.05, 4.69) is 38.0 Å². The molecule has 2 aliphatic heterocycles. The second-order valence-corrected chi connectivity index (χ2v) is 6.51. The Bertz CT molecular complexity index is 710. The minimum atomic E-state index is 0.414. The topological polar surface area (TPSA) is 50.7 Å². The Balaban J connectivity index is 1.44. The first-order valence-electron chi connectivity index (χ1n) is 8.88. The van der Waals surface area contributed by atoms with Crippen LogP contribution in [0.2, 0.25) is 0 Å². The van der Waals surface area contributed by atoms with Crippen molar-refractivity contribution in [2.75, 3.05) is 56.3 Å². The quantitative estimate of drug-likeness (QED) is 0.851. The van der Waals surface area contributed by atoms with Crippen molar-refractivity contribution in [1.82, 2.24) is 9.97 Å². The van der Waals surface area contributed by atoms with E-state index in [-0.39, 0.29) is 0 Å². The highest BCUT2D eigenvalue weighted by Crippen LogP contribution is 2.30. The van der Waals surface area contributed by atoms with Gasteiger partial charge in [-0.05, 0) is 18.6 Å². The number of hydrogen-bond acceptors (Lipinski definition) is 6. The van der Waals surface area contributed by atoms with Crippen molar-refractivity contribution >= 4 is 11.5 Å². The SMILES string of the molecule is COc1ccccc1N1CCN(c2cc(C3CCOC3)ncn2)CC1. The summed E-state index contributed by atoms with van der Waals surface area (Å²) in [6.45, 7) is 5.39. The summed E-state index contributed by atoms with van der Waals surface area (Å²) >= 11 is 0. The number of para-hydroxylation sites is 2. The van der Waals surface area contributed by atoms with E-state index in [1.165, 1.54) is 0 Å². The Morgan fingerprint density at radius 3 is 2.64 bits per heavy atom. The van der Waals surface area contributed by atoms with E-state index in [0.29, 0.717) is 5.92 Å². The molecule has 2 aromatic rings. The average Bonchev–Trinajstić information content (AvgIpc) is 3.23. The second kappa shape index (κ2) is 7.27. The summed E-state index contributed by atoms with van der Waals surface area (Å²) in [5.41, 5.74) is 2.27. The zero-order valence-corrected chi connectivity index (χ0v) is 14.6. The van der Waals surface area contributed by atoms with Gasteiger partial charge in [0, 0.05) is 44.8 Å². The maximum atomic E-state index is 5.49. The average molecular weight is 340 g/mol. The van der Waals surface area contributed by atoms with E-state index in [1.807, 2.05) is 12.1 Å². The molecule has 2 saturated heterocycles. The van der Waals surface area contributed by atoms with Gasteiger partial charge in [-0.2, -0.15) is 0 Å². The zero-order valence-electron chi connectivity index (χ0n) is 14.6. The smallest absolute Gasteiger partial charge is 0.142 e. The molecule has 132 valence electrons. The molecule has 0 bridgehead atoms. The number of methoxy groups -OCH3 is 1. The highest BCUT2D eigenvalue weighted by molar-refractivity contribution is 5.59. The van der Waals surface area contributed by atoms with Crippen molar-refractivity contribution in [3.8, 4) is 5.75 Å². The van der Waals surface area contributed by atoms with Gasteiger partial charge < -0.3 is 19.3 Å². The summed E-state index contributed by atoms with van der Waals surface area (Å²) in [5, 5.41) is 0. The molecule has 0 N–H and O–H groups in total. The number of benzene rings is 1. The van der Waals surface area contributed by atoms with Crippen LogP contribution in [0.25, 0.3) is 0 Å². The molecule has 0 aliphatic carbocycles. The van der Waals surface area contributed by atoms with Crippen LogP contribution in [0.5, 0.6) is 5.75 Å². The van der Waals surface area contributed by atoms with Crippen molar-refractivity contribution in [1.29, 1.82) is 0 Å². The van der Waals surface area contributed by atoms with Crippen LogP contribution >= 0.6 is 0 Å². The molecule has 2 aliphatic rings. The summed E-state index contributed by atoms with van der Waals surface area (Å²) in [5.74, 6) is 2.37. The molecule has 2 fully saturated rings. The van der Waals surface area contributed by atoms with Gasteiger partial charge in [-0.25, -0.2) is 9.97 Å². The number of hydrogen-bond donors (Lipinski definition) is 0. The third kappa shape index (κ3) is 3.39. The fraction of sp³-hybridized carbons (Fsp3) is 0.474. The fourth-order valence-corrected chi connectivity index (χ4v) is 3.59. The lowest BCUT2D eigenvalue weighted by atomic mass is 10.0. The lowest BCUT2D eigenvalue weighted by Crippen LogP contribution is -2.47. The Labute approximate surface area is 148 Å². The van der Waals surface area contributed by atoms with Crippen molar-refractivity contribution in [3.05, 3.63) is 42.4 Å². The van der Waals surface area contributed by atoms with E-state index in [9.17, 15) is 0 Å². The summed E-state index contributed by atoms with van der Waals surface area (Å²) in [6, 6.07) is 10.3. The molecule has 1 aromatic carbocycles. The molecule has 0 spiro atoms. The Morgan fingerprint density at radius 2 is 1.88 bits per heavy atom. The molecule has 6 nitrogen and oxygen atoms in total. The molecular formula is C19H24N4O2. The van der Waals surface area contributed by atoms with Gasteiger partial charge in [-0.1, -0.05) is 12.1 Å². The van der Waals surface area contributed by atoms with Gasteiger partial charge in [0.25, 0.3) is 0 Å². The standard InChI is InChI=1S/C19H24N4O2/c1-24-18-5-3-2-4-17(18)22-7-9-23(10-8-22)19-12-16(20-14-21-19)15-6-11-25-13-15/h2-5,12,14-15H,6-11,13H2,1H3. The molecular weight excluding hydrogens is 316 g/mol. The first kappa shape index (κ1) is 16.1. The maximum Gasteiger partial charge on any atom is 0.142 e. The molecule has 4 rings (SSSR count). The molecule has 0 amide bonds. The second-order valence-electron chi connectivity index (χ2n) is 6.51. The van der Waals surface area contributed by atoms with Crippen LogP contribution < -0.4 is 14.5 Å². The Kier molecular flexibility index (Phi) is 4.70. The van der Waals surface area contributed by atoms with Gasteiger partial charge >= 0.3 is 0 Å². The molecule has 1 atom stereocenters. The number of anilines is 2. The largest absolute Gasteiger partial charge is 0.495 e. The van der Waals surface area contributed by atoms with Gasteiger partial charge in [0.05, 0.1) is 25.1 Å². The summed E-state index contributed by atoms with van der Waals surface area (Å²) < 4.78 is 11.0. The third-order valence-corrected chi connectivity index (χ3v) is 5.05. The van der Waals surface area contributed by atoms with Gasteiger partial charge in [-0.3, -0.25) is 0 Å². The van der Waals surface area contributed by atoms with Crippen LogP contribution in [-0.2, 0) is 4.74 Å². The van der Waals surface area contributed by atoms with Crippen LogP contribution in [0.15, 0.2) is 36.7 Å². The summed E-state index contributed by atoms with van der Waals surface area (Å²) in [7, 11) is 1.73. The highest BCUT2D eigenvalue weighted by atomic mass is 16.5. The van der Waals surface area contributed by atoms with Crippen molar-refractivity contribution in [2.45, 2.75) is 12.3 Å². The molecule has 3 heterocycles. The van der Waals surface area contributed by atoms with Gasteiger partial charge in [-0.15, -0.1) is 0 Å². The lowest BCUT2D eigenvalue weighted by Gasteiger charge is -2.37. The van der Waals surface area contributed by atoms with Crippen LogP contribution in [-0.4, -0.2) is 56.5 Å². The first-order chi connectivity index (χ1) is 12.3. The van der Waals surface area contributed by atoms with E-state index >= 15 is 0 Å². The molecule has 25 heavy (non-hydrogen) atoms. The molecule has 0 saturated carbocycles. The fourth-order valence-electron chi connectivity index (χ4n) is 3.59. The molecule has 6 heteroatoms. The maximum absolute atomic E-state index is 5.49. The zero-order chi connectivity index (χ0) is 17.1. The predicted octanol–water partition coefficient (Wildman–Crippen LogP) is 2.32. The normalized spacial score (nSPS) is 20.8. The lowest BCUT2D eigenvalue weighted by molar-refractivity contribution is 0.193. The number of aromatic nitrogens is 2. The van der Waals surface area contributed by atoms with E-state index in [1.54, 1.807) is 13.4 Å². The van der Waals surface area contributed by atoms with E-state index < -0.39 is 0 Å². The highest BCUT2D eigenvalue weighted by Gasteiger charge is 2.23.